The summed E-state index contributed by atoms with van der Waals surface area (Å²) in [5.41, 5.74) is 2.29. The van der Waals surface area contributed by atoms with E-state index in [-0.39, 0.29) is 5.91 Å². The summed E-state index contributed by atoms with van der Waals surface area (Å²) in [6.45, 7) is 5.98. The summed E-state index contributed by atoms with van der Waals surface area (Å²) in [4.78, 5) is 22.1. The Hall–Kier alpha value is -2.20. The summed E-state index contributed by atoms with van der Waals surface area (Å²) in [5.74, 6) is 2.48. The van der Waals surface area contributed by atoms with Crippen molar-refractivity contribution in [3.8, 4) is 0 Å². The number of fused-ring (bicyclic) bond motifs is 8. The van der Waals surface area contributed by atoms with Gasteiger partial charge in [-0.3, -0.25) is 4.79 Å². The van der Waals surface area contributed by atoms with Crippen LogP contribution in [-0.2, 0) is 11.2 Å². The number of amides is 1. The van der Waals surface area contributed by atoms with Crippen molar-refractivity contribution in [2.24, 2.45) is 0 Å². The molecule has 31 heavy (non-hydrogen) atoms. The van der Waals surface area contributed by atoms with Gasteiger partial charge in [-0.15, -0.1) is 26.6 Å². The fourth-order valence-corrected chi connectivity index (χ4v) is 7.37. The number of thiophene rings is 1. The Morgan fingerprint density at radius 3 is 2.87 bits per heavy atom. The first kappa shape index (κ1) is 19.5. The Labute approximate surface area is 188 Å². The van der Waals surface area contributed by atoms with E-state index < -0.39 is 0 Å². The van der Waals surface area contributed by atoms with E-state index in [1.165, 1.54) is 46.9 Å². The van der Waals surface area contributed by atoms with Crippen LogP contribution in [0.15, 0.2) is 5.16 Å². The molecule has 2 aliphatic rings. The van der Waals surface area contributed by atoms with Gasteiger partial charge in [0.05, 0.1) is 11.1 Å². The minimum absolute atomic E-state index is 0.189. The molecule has 1 aliphatic carbocycles. The fourth-order valence-electron chi connectivity index (χ4n) is 5.02. The highest BCUT2D eigenvalue weighted by molar-refractivity contribution is 7.99. The number of likely N-dealkylation sites (tertiary alicyclic amines) is 1. The molecule has 1 aliphatic heterocycles. The van der Waals surface area contributed by atoms with Gasteiger partial charge < -0.3 is 4.90 Å². The van der Waals surface area contributed by atoms with Crippen LogP contribution in [0.5, 0.6) is 0 Å². The Morgan fingerprint density at radius 2 is 2.03 bits per heavy atom. The summed E-state index contributed by atoms with van der Waals surface area (Å²) in [7, 11) is 0. The highest BCUT2D eigenvalue weighted by Gasteiger charge is 2.28. The topological polar surface area (TPSA) is 80.7 Å². The number of carbonyl (C=O) groups is 1. The van der Waals surface area contributed by atoms with Gasteiger partial charge in [0.25, 0.3) is 5.78 Å². The molecule has 0 spiro atoms. The third kappa shape index (κ3) is 3.06. The fraction of sp³-hybridized carbons (Fsp3) is 0.571. The van der Waals surface area contributed by atoms with Crippen LogP contribution in [-0.4, -0.2) is 58.8 Å². The lowest BCUT2D eigenvalue weighted by Crippen LogP contribution is -2.36. The summed E-state index contributed by atoms with van der Waals surface area (Å²) in [6, 6.07) is 0. The monoisotopic (exact) mass is 455 g/mol. The van der Waals surface area contributed by atoms with Gasteiger partial charge in [-0.05, 0) is 56.9 Å². The van der Waals surface area contributed by atoms with Crippen LogP contribution in [0, 0.1) is 6.92 Å². The number of hydrogen-bond donors (Lipinski definition) is 0. The quantitative estimate of drug-likeness (QED) is 0.437. The molecule has 10 heteroatoms. The van der Waals surface area contributed by atoms with Crippen LogP contribution in [0.3, 0.4) is 0 Å². The van der Waals surface area contributed by atoms with Crippen molar-refractivity contribution < 1.29 is 4.79 Å². The number of rotatable bonds is 3. The highest BCUT2D eigenvalue weighted by atomic mass is 32.2. The van der Waals surface area contributed by atoms with Gasteiger partial charge in [-0.1, -0.05) is 18.7 Å². The van der Waals surface area contributed by atoms with Crippen LogP contribution >= 0.6 is 23.1 Å². The standard InChI is InChI=1S/C21H25N7OS2/c1-12-7-6-8-14-16(12)17-18-22-13(2)25-28(18)20-23-24-21(27(20)19(17)31-14)30-11-15(29)26-9-4-3-5-10-26/h12H,3-11H2,1-2H3. The Bertz CT molecular complexity index is 1310. The predicted molar refractivity (Wildman–Crippen MR) is 122 cm³/mol. The van der Waals surface area contributed by atoms with Crippen LogP contribution in [0.2, 0.25) is 0 Å². The van der Waals surface area contributed by atoms with Gasteiger partial charge in [0.15, 0.2) is 10.8 Å². The predicted octanol–water partition coefficient (Wildman–Crippen LogP) is 3.84. The first-order valence-corrected chi connectivity index (χ1v) is 12.9. The Morgan fingerprint density at radius 1 is 1.19 bits per heavy atom. The molecule has 4 aromatic rings. The molecule has 1 atom stereocenters. The molecule has 0 saturated carbocycles. The molecule has 0 bridgehead atoms. The third-order valence-electron chi connectivity index (χ3n) is 6.52. The second kappa shape index (κ2) is 7.44. The number of aromatic nitrogens is 6. The molecule has 0 aromatic carbocycles. The van der Waals surface area contributed by atoms with E-state index in [4.69, 9.17) is 4.98 Å². The number of nitrogens with zero attached hydrogens (tertiary/aromatic N) is 7. The summed E-state index contributed by atoms with van der Waals surface area (Å²) in [6.07, 6.45) is 6.96. The lowest BCUT2D eigenvalue weighted by atomic mass is 9.87. The second-order valence-electron chi connectivity index (χ2n) is 8.65. The van der Waals surface area contributed by atoms with E-state index in [2.05, 4.69) is 26.6 Å². The zero-order valence-electron chi connectivity index (χ0n) is 17.8. The van der Waals surface area contributed by atoms with Crippen molar-refractivity contribution in [2.75, 3.05) is 18.8 Å². The average Bonchev–Trinajstić information content (AvgIpc) is 3.47. The van der Waals surface area contributed by atoms with E-state index in [1.54, 1.807) is 0 Å². The molecular formula is C21H25N7OS2. The maximum Gasteiger partial charge on any atom is 0.260 e. The number of piperidine rings is 1. The highest BCUT2D eigenvalue weighted by Crippen LogP contribution is 2.44. The molecule has 5 heterocycles. The van der Waals surface area contributed by atoms with Gasteiger partial charge in [0, 0.05) is 18.0 Å². The van der Waals surface area contributed by atoms with Crippen LogP contribution in [0.1, 0.15) is 61.2 Å². The largest absolute Gasteiger partial charge is 0.342 e. The minimum Gasteiger partial charge on any atom is -0.342 e. The molecule has 1 amide bonds. The SMILES string of the molecule is Cc1nc2c3c4c(sc3n3c(SCC(=O)N5CCCCC5)nnc3n2n1)CCCC4C. The maximum atomic E-state index is 12.7. The van der Waals surface area contributed by atoms with E-state index in [0.29, 0.717) is 17.4 Å². The summed E-state index contributed by atoms with van der Waals surface area (Å²) in [5, 5.41) is 15.5. The van der Waals surface area contributed by atoms with Gasteiger partial charge in [-0.25, -0.2) is 9.38 Å². The molecule has 0 N–H and O–H groups in total. The number of thioether (sulfide) groups is 1. The number of hydrogen-bond acceptors (Lipinski definition) is 7. The average molecular weight is 456 g/mol. The first-order chi connectivity index (χ1) is 15.1. The third-order valence-corrected chi connectivity index (χ3v) is 8.68. The second-order valence-corrected chi connectivity index (χ2v) is 10.7. The van der Waals surface area contributed by atoms with Crippen molar-refractivity contribution in [1.82, 2.24) is 34.1 Å². The molecule has 1 fully saturated rings. The smallest absolute Gasteiger partial charge is 0.260 e. The molecule has 162 valence electrons. The Kier molecular flexibility index (Phi) is 4.68. The lowest BCUT2D eigenvalue weighted by Gasteiger charge is -2.26. The maximum absolute atomic E-state index is 12.7. The van der Waals surface area contributed by atoms with Crippen LogP contribution in [0.25, 0.3) is 21.6 Å². The van der Waals surface area contributed by atoms with Crippen molar-refractivity contribution in [2.45, 2.75) is 63.4 Å². The van der Waals surface area contributed by atoms with Gasteiger partial charge in [0.1, 0.15) is 10.7 Å². The molecule has 8 nitrogen and oxygen atoms in total. The molecule has 1 saturated heterocycles. The van der Waals surface area contributed by atoms with Gasteiger partial charge in [-0.2, -0.15) is 4.52 Å². The van der Waals surface area contributed by atoms with Gasteiger partial charge >= 0.3 is 0 Å². The minimum atomic E-state index is 0.189. The number of aryl methyl sites for hydroxylation is 2. The molecule has 0 radical (unpaired) electrons. The van der Waals surface area contributed by atoms with E-state index in [0.717, 1.165) is 53.8 Å². The first-order valence-electron chi connectivity index (χ1n) is 11.1. The Balaban J connectivity index is 1.49. The zero-order chi connectivity index (χ0) is 21.1. The molecule has 1 unspecified atom stereocenters. The van der Waals surface area contributed by atoms with E-state index in [1.807, 2.05) is 27.7 Å². The van der Waals surface area contributed by atoms with Crippen molar-refractivity contribution in [3.63, 3.8) is 0 Å². The van der Waals surface area contributed by atoms with Gasteiger partial charge in [0.2, 0.25) is 5.91 Å². The van der Waals surface area contributed by atoms with Crippen molar-refractivity contribution >= 4 is 50.6 Å². The number of carbonyl (C=O) groups excluding carboxylic acids is 1. The molecular weight excluding hydrogens is 430 g/mol. The zero-order valence-corrected chi connectivity index (χ0v) is 19.4. The van der Waals surface area contributed by atoms with Crippen molar-refractivity contribution in [3.05, 3.63) is 16.3 Å². The lowest BCUT2D eigenvalue weighted by molar-refractivity contribution is -0.129. The van der Waals surface area contributed by atoms with E-state index >= 15 is 0 Å². The van der Waals surface area contributed by atoms with Crippen LogP contribution < -0.4 is 0 Å². The van der Waals surface area contributed by atoms with Crippen LogP contribution in [0.4, 0.5) is 0 Å². The molecule has 4 aromatic heterocycles. The van der Waals surface area contributed by atoms with E-state index in [9.17, 15) is 4.79 Å². The normalized spacial score (nSPS) is 19.5. The van der Waals surface area contributed by atoms with Crippen molar-refractivity contribution in [1.29, 1.82) is 0 Å². The summed E-state index contributed by atoms with van der Waals surface area (Å²) >= 11 is 3.31. The molecule has 6 rings (SSSR count). The summed E-state index contributed by atoms with van der Waals surface area (Å²) < 4.78 is 3.93.